The summed E-state index contributed by atoms with van der Waals surface area (Å²) in [6.07, 6.45) is -4.47. The molecule has 0 fully saturated rings. The molecule has 116 valence electrons. The van der Waals surface area contributed by atoms with Gasteiger partial charge in [-0.3, -0.25) is 4.79 Å². The van der Waals surface area contributed by atoms with Gasteiger partial charge in [-0.1, -0.05) is 29.8 Å². The molecule has 0 aliphatic heterocycles. The minimum Gasteiger partial charge on any atom is -0.487 e. The van der Waals surface area contributed by atoms with Crippen LogP contribution in [0.1, 0.15) is 21.5 Å². The van der Waals surface area contributed by atoms with Crippen molar-refractivity contribution in [3.8, 4) is 5.75 Å². The average molecular weight is 349 g/mol. The first kappa shape index (κ1) is 16.6. The van der Waals surface area contributed by atoms with Crippen LogP contribution >= 0.6 is 23.2 Å². The van der Waals surface area contributed by atoms with Crippen LogP contribution in [0.2, 0.25) is 5.02 Å². The lowest BCUT2D eigenvalue weighted by Gasteiger charge is -2.14. The molecule has 0 unspecified atom stereocenters. The van der Waals surface area contributed by atoms with Crippen molar-refractivity contribution < 1.29 is 22.7 Å². The van der Waals surface area contributed by atoms with Gasteiger partial charge in [0.25, 0.3) is 5.24 Å². The zero-order valence-electron chi connectivity index (χ0n) is 11.0. The summed E-state index contributed by atoms with van der Waals surface area (Å²) in [7, 11) is 0. The summed E-state index contributed by atoms with van der Waals surface area (Å²) in [5.74, 6) is 0.0881. The first-order chi connectivity index (χ1) is 10.3. The molecule has 0 aliphatic carbocycles. The van der Waals surface area contributed by atoms with Crippen LogP contribution in [0.4, 0.5) is 13.2 Å². The monoisotopic (exact) mass is 348 g/mol. The van der Waals surface area contributed by atoms with E-state index in [-0.39, 0.29) is 28.5 Å². The highest BCUT2D eigenvalue weighted by Crippen LogP contribution is 2.33. The van der Waals surface area contributed by atoms with Crippen molar-refractivity contribution in [3.05, 3.63) is 64.2 Å². The number of rotatable bonds is 4. The molecule has 2 aromatic carbocycles. The maximum atomic E-state index is 12.9. The quantitative estimate of drug-likeness (QED) is 0.699. The Labute approximate surface area is 134 Å². The first-order valence-corrected chi connectivity index (χ1v) is 6.82. The average Bonchev–Trinajstić information content (AvgIpc) is 2.45. The molecule has 0 atom stereocenters. The molecule has 2 aromatic rings. The van der Waals surface area contributed by atoms with Crippen LogP contribution < -0.4 is 4.74 Å². The molecule has 0 aromatic heterocycles. The summed E-state index contributed by atoms with van der Waals surface area (Å²) in [5.41, 5.74) is -0.672. The van der Waals surface area contributed by atoms with E-state index in [0.717, 1.165) is 6.07 Å². The fraction of sp³-hybridized carbons (Fsp3) is 0.133. The van der Waals surface area contributed by atoms with E-state index in [0.29, 0.717) is 0 Å². The first-order valence-electron chi connectivity index (χ1n) is 6.06. The van der Waals surface area contributed by atoms with Gasteiger partial charge in [-0.15, -0.1) is 0 Å². The molecule has 0 N–H and O–H groups in total. The predicted molar refractivity (Wildman–Crippen MR) is 77.4 cm³/mol. The van der Waals surface area contributed by atoms with Gasteiger partial charge < -0.3 is 4.74 Å². The van der Waals surface area contributed by atoms with Gasteiger partial charge in [-0.05, 0) is 35.9 Å². The predicted octanol–water partition coefficient (Wildman–Crippen LogP) is 5.32. The van der Waals surface area contributed by atoms with Gasteiger partial charge in [0.2, 0.25) is 0 Å². The number of hydrogen-bond acceptors (Lipinski definition) is 2. The number of ether oxygens (including phenoxy) is 1. The van der Waals surface area contributed by atoms with E-state index in [4.69, 9.17) is 27.9 Å². The molecule has 0 heterocycles. The zero-order chi connectivity index (χ0) is 16.3. The van der Waals surface area contributed by atoms with Crippen molar-refractivity contribution in [2.75, 3.05) is 0 Å². The number of carbonyl (C=O) groups excluding carboxylic acids is 1. The van der Waals surface area contributed by atoms with E-state index in [1.807, 2.05) is 0 Å². The summed E-state index contributed by atoms with van der Waals surface area (Å²) in [4.78, 5) is 11.1. The minimum absolute atomic E-state index is 0.0336. The number of hydrogen-bond donors (Lipinski definition) is 0. The molecular weight excluding hydrogens is 340 g/mol. The summed E-state index contributed by atoms with van der Waals surface area (Å²) in [6.45, 7) is -0.338. The van der Waals surface area contributed by atoms with Crippen LogP contribution in [0, 0.1) is 0 Å². The third kappa shape index (κ3) is 3.93. The standard InChI is InChI=1S/C15H9Cl2F3O2/c16-12-6-5-9(14(17)21)7-13(12)22-8-10-3-1-2-4-11(10)15(18,19)20/h1-7H,8H2. The van der Waals surface area contributed by atoms with Crippen molar-refractivity contribution in [1.29, 1.82) is 0 Å². The molecule has 0 saturated heterocycles. The van der Waals surface area contributed by atoms with Gasteiger partial charge in [0, 0.05) is 11.1 Å². The third-order valence-corrected chi connectivity index (χ3v) is 3.39. The molecule has 0 aliphatic rings. The molecule has 0 amide bonds. The Morgan fingerprint density at radius 3 is 2.45 bits per heavy atom. The summed E-state index contributed by atoms with van der Waals surface area (Å²) < 4.78 is 43.9. The Balaban J connectivity index is 2.24. The fourth-order valence-corrected chi connectivity index (χ4v) is 2.10. The molecule has 22 heavy (non-hydrogen) atoms. The summed E-state index contributed by atoms with van der Waals surface area (Å²) in [5, 5.41) is -0.539. The zero-order valence-corrected chi connectivity index (χ0v) is 12.5. The second-order valence-corrected chi connectivity index (χ2v) is 5.11. The van der Waals surface area contributed by atoms with Crippen LogP contribution in [-0.4, -0.2) is 5.24 Å². The van der Waals surface area contributed by atoms with Crippen LogP contribution in [0.3, 0.4) is 0 Å². The second-order valence-electron chi connectivity index (χ2n) is 4.36. The van der Waals surface area contributed by atoms with Gasteiger partial charge in [-0.25, -0.2) is 0 Å². The number of carbonyl (C=O) groups is 1. The van der Waals surface area contributed by atoms with Crippen molar-refractivity contribution >= 4 is 28.4 Å². The topological polar surface area (TPSA) is 26.3 Å². The van der Waals surface area contributed by atoms with Crippen molar-refractivity contribution in [3.63, 3.8) is 0 Å². The van der Waals surface area contributed by atoms with Gasteiger partial charge >= 0.3 is 6.18 Å². The largest absolute Gasteiger partial charge is 0.487 e. The highest BCUT2D eigenvalue weighted by Gasteiger charge is 2.33. The van der Waals surface area contributed by atoms with Crippen molar-refractivity contribution in [2.45, 2.75) is 12.8 Å². The normalized spacial score (nSPS) is 11.3. The van der Waals surface area contributed by atoms with E-state index in [9.17, 15) is 18.0 Å². The maximum absolute atomic E-state index is 12.9. The van der Waals surface area contributed by atoms with Crippen LogP contribution in [0.25, 0.3) is 0 Å². The number of benzene rings is 2. The lowest BCUT2D eigenvalue weighted by atomic mass is 10.1. The van der Waals surface area contributed by atoms with Crippen molar-refractivity contribution in [1.82, 2.24) is 0 Å². The van der Waals surface area contributed by atoms with E-state index in [1.165, 1.54) is 36.4 Å². The highest BCUT2D eigenvalue weighted by molar-refractivity contribution is 6.67. The molecule has 2 rings (SSSR count). The molecule has 0 spiro atoms. The number of halogens is 5. The maximum Gasteiger partial charge on any atom is 0.416 e. The van der Waals surface area contributed by atoms with Crippen LogP contribution in [0.5, 0.6) is 5.75 Å². The second kappa shape index (κ2) is 6.58. The van der Waals surface area contributed by atoms with Gasteiger partial charge in [0.05, 0.1) is 10.6 Å². The third-order valence-electron chi connectivity index (χ3n) is 2.86. The van der Waals surface area contributed by atoms with Crippen LogP contribution in [0.15, 0.2) is 42.5 Å². The minimum atomic E-state index is -4.47. The van der Waals surface area contributed by atoms with E-state index < -0.39 is 17.0 Å². The van der Waals surface area contributed by atoms with Gasteiger partial charge in [-0.2, -0.15) is 13.2 Å². The Hall–Kier alpha value is -1.72. The molecular formula is C15H9Cl2F3O2. The Kier molecular flexibility index (Phi) is 4.98. The molecule has 0 radical (unpaired) electrons. The Bertz CT molecular complexity index is 699. The van der Waals surface area contributed by atoms with E-state index in [1.54, 1.807) is 0 Å². The summed E-state index contributed by atoms with van der Waals surface area (Å²) >= 11 is 11.2. The molecule has 0 saturated carbocycles. The van der Waals surface area contributed by atoms with Crippen molar-refractivity contribution in [2.24, 2.45) is 0 Å². The van der Waals surface area contributed by atoms with E-state index in [2.05, 4.69) is 0 Å². The summed E-state index contributed by atoms with van der Waals surface area (Å²) in [6, 6.07) is 9.14. The molecule has 0 bridgehead atoms. The lowest BCUT2D eigenvalue weighted by molar-refractivity contribution is -0.138. The molecule has 7 heteroatoms. The SMILES string of the molecule is O=C(Cl)c1ccc(Cl)c(OCc2ccccc2C(F)(F)F)c1. The van der Waals surface area contributed by atoms with E-state index >= 15 is 0 Å². The van der Waals surface area contributed by atoms with Gasteiger partial charge in [0.15, 0.2) is 0 Å². The Morgan fingerprint density at radius 2 is 1.82 bits per heavy atom. The van der Waals surface area contributed by atoms with Crippen LogP contribution in [-0.2, 0) is 12.8 Å². The molecule has 2 nitrogen and oxygen atoms in total. The number of alkyl halides is 3. The Morgan fingerprint density at radius 1 is 1.14 bits per heavy atom. The highest BCUT2D eigenvalue weighted by atomic mass is 35.5. The lowest BCUT2D eigenvalue weighted by Crippen LogP contribution is -2.10. The van der Waals surface area contributed by atoms with Gasteiger partial charge in [0.1, 0.15) is 12.4 Å². The fourth-order valence-electron chi connectivity index (χ4n) is 1.81. The smallest absolute Gasteiger partial charge is 0.416 e.